The first-order chi connectivity index (χ1) is 32.2. The van der Waals surface area contributed by atoms with Gasteiger partial charge in [0.1, 0.15) is 0 Å². The first kappa shape index (κ1) is 38.7. The molecule has 0 aromatic heterocycles. The maximum Gasteiger partial charge on any atom is 0.0677 e. The molecule has 2 heteroatoms. The molecule has 0 bridgehead atoms. The van der Waals surface area contributed by atoms with Crippen LogP contribution in [-0.4, -0.2) is 0 Å². The third-order valence-corrected chi connectivity index (χ3v) is 14.0. The van der Waals surface area contributed by atoms with Crippen LogP contribution in [0.4, 0.5) is 28.4 Å². The minimum Gasteiger partial charge on any atom is -0.333 e. The minimum atomic E-state index is -0.412. The van der Waals surface area contributed by atoms with Gasteiger partial charge in [-0.25, -0.2) is 0 Å². The Bertz CT molecular complexity index is 3200. The summed E-state index contributed by atoms with van der Waals surface area (Å²) in [6, 6.07) is 85.5. The molecule has 0 saturated heterocycles. The Kier molecular flexibility index (Phi) is 9.72. The van der Waals surface area contributed by atoms with Crippen molar-refractivity contribution < 1.29 is 0 Å². The van der Waals surface area contributed by atoms with Crippen LogP contribution in [0.2, 0.25) is 0 Å². The van der Waals surface area contributed by atoms with E-state index < -0.39 is 5.41 Å². The average molecular weight is 833 g/mol. The standard InChI is InChI=1S/C63H48N2/c1-5-17-45(18-6-1)46-29-35-53(36-30-46)64(56-41-42-58-57-26-14-15-27-59(57)63(60(58)44-56,51-22-9-3-10-23-51)52-24-11-4-12-25-52)54-37-31-47(32-38-54)48-33-39-55(40-34-48)65-61-28-16-13-21-50(61)43-62(65)49-19-7-2-8-20-49/h1-11,13-24,26-42,44,62H,12,25,43H2. The summed E-state index contributed by atoms with van der Waals surface area (Å²) in [5.74, 6) is 0. The minimum absolute atomic E-state index is 0.258. The fourth-order valence-corrected chi connectivity index (χ4v) is 11.0. The van der Waals surface area contributed by atoms with Crippen LogP contribution in [0.3, 0.4) is 0 Å². The molecular formula is C63H48N2. The van der Waals surface area contributed by atoms with E-state index in [0.717, 1.165) is 36.3 Å². The summed E-state index contributed by atoms with van der Waals surface area (Å²) >= 11 is 0. The van der Waals surface area contributed by atoms with Crippen LogP contribution in [0, 0.1) is 0 Å². The number of hydrogen-bond acceptors (Lipinski definition) is 2. The van der Waals surface area contributed by atoms with Crippen molar-refractivity contribution in [2.24, 2.45) is 0 Å². The molecule has 2 nitrogen and oxygen atoms in total. The first-order valence-electron chi connectivity index (χ1n) is 23.0. The number of hydrogen-bond donors (Lipinski definition) is 0. The lowest BCUT2D eigenvalue weighted by Gasteiger charge is -2.37. The highest BCUT2D eigenvalue weighted by atomic mass is 15.2. The van der Waals surface area contributed by atoms with Crippen molar-refractivity contribution in [3.8, 4) is 33.4 Å². The molecule has 310 valence electrons. The Hall–Kier alpha value is -7.94. The summed E-state index contributed by atoms with van der Waals surface area (Å²) in [5.41, 5.74) is 21.0. The molecule has 1 aliphatic heterocycles. The zero-order valence-electron chi connectivity index (χ0n) is 36.3. The zero-order valence-corrected chi connectivity index (χ0v) is 36.3. The lowest BCUT2D eigenvalue weighted by Crippen LogP contribution is -2.30. The number of rotatable bonds is 9. The number of allylic oxidation sites excluding steroid dienone is 4. The van der Waals surface area contributed by atoms with E-state index in [1.165, 1.54) is 78.1 Å². The highest BCUT2D eigenvalue weighted by Crippen LogP contribution is 2.58. The Morgan fingerprint density at radius 3 is 1.69 bits per heavy atom. The molecule has 0 fully saturated rings. The van der Waals surface area contributed by atoms with Crippen molar-refractivity contribution in [1.29, 1.82) is 0 Å². The molecule has 1 heterocycles. The van der Waals surface area contributed by atoms with E-state index in [0.29, 0.717) is 0 Å². The monoisotopic (exact) mass is 832 g/mol. The number of nitrogens with zero attached hydrogens (tertiary/aromatic N) is 2. The van der Waals surface area contributed by atoms with Crippen molar-refractivity contribution in [2.75, 3.05) is 9.80 Å². The second-order valence-electron chi connectivity index (χ2n) is 17.5. The van der Waals surface area contributed by atoms with Crippen LogP contribution in [0.25, 0.3) is 33.4 Å². The molecule has 0 spiro atoms. The van der Waals surface area contributed by atoms with Gasteiger partial charge < -0.3 is 9.80 Å². The van der Waals surface area contributed by atoms with Gasteiger partial charge in [0.2, 0.25) is 0 Å². The molecule has 2 aliphatic carbocycles. The van der Waals surface area contributed by atoms with E-state index in [9.17, 15) is 0 Å². The van der Waals surface area contributed by atoms with Gasteiger partial charge in [0.15, 0.2) is 0 Å². The maximum absolute atomic E-state index is 2.52. The second kappa shape index (κ2) is 16.3. The van der Waals surface area contributed by atoms with Gasteiger partial charge in [0.25, 0.3) is 0 Å². The molecular weight excluding hydrogens is 785 g/mol. The van der Waals surface area contributed by atoms with Crippen molar-refractivity contribution >= 4 is 28.4 Å². The normalized spacial score (nSPS) is 17.0. The Labute approximate surface area is 382 Å². The Balaban J connectivity index is 0.951. The number of anilines is 5. The smallest absolute Gasteiger partial charge is 0.0677 e. The van der Waals surface area contributed by atoms with Gasteiger partial charge in [-0.1, -0.05) is 200 Å². The third kappa shape index (κ3) is 6.64. The molecule has 0 amide bonds. The summed E-state index contributed by atoms with van der Waals surface area (Å²) in [7, 11) is 0. The zero-order chi connectivity index (χ0) is 43.2. The predicted octanol–water partition coefficient (Wildman–Crippen LogP) is 16.5. The average Bonchev–Trinajstić information content (AvgIpc) is 3.92. The summed E-state index contributed by atoms with van der Waals surface area (Å²) in [4.78, 5) is 4.95. The van der Waals surface area contributed by atoms with Crippen LogP contribution in [-0.2, 0) is 11.8 Å². The van der Waals surface area contributed by atoms with Crippen LogP contribution in [0.5, 0.6) is 0 Å². The second-order valence-corrected chi connectivity index (χ2v) is 17.5. The van der Waals surface area contributed by atoms with Crippen molar-refractivity contribution in [3.63, 3.8) is 0 Å². The Morgan fingerprint density at radius 1 is 0.462 bits per heavy atom. The number of benzene rings is 9. The van der Waals surface area contributed by atoms with Gasteiger partial charge in [-0.3, -0.25) is 0 Å². The largest absolute Gasteiger partial charge is 0.333 e. The number of fused-ring (bicyclic) bond motifs is 4. The van der Waals surface area contributed by atoms with Gasteiger partial charge >= 0.3 is 0 Å². The van der Waals surface area contributed by atoms with Gasteiger partial charge in [0, 0.05) is 28.4 Å². The maximum atomic E-state index is 2.52. The molecule has 65 heavy (non-hydrogen) atoms. The summed E-state index contributed by atoms with van der Waals surface area (Å²) in [6.07, 6.45) is 9.98. The van der Waals surface area contributed by atoms with Crippen LogP contribution in [0.1, 0.15) is 46.7 Å². The van der Waals surface area contributed by atoms with Crippen molar-refractivity contribution in [2.45, 2.75) is 30.7 Å². The van der Waals surface area contributed by atoms with Gasteiger partial charge in [-0.05, 0) is 135 Å². The first-order valence-corrected chi connectivity index (χ1v) is 23.0. The SMILES string of the molecule is C1=CCCC(C2(c3ccccc3)c3ccccc3-c3ccc(N(c4ccc(-c5ccccc5)cc4)c4ccc(-c5ccc(N6c7ccccc7CC6c6ccccc6)cc5)cc4)cc32)=C1. The quantitative estimate of drug-likeness (QED) is 0.143. The van der Waals surface area contributed by atoms with E-state index >= 15 is 0 Å². The van der Waals surface area contributed by atoms with Crippen molar-refractivity contribution in [3.05, 3.63) is 282 Å². The van der Waals surface area contributed by atoms with Gasteiger partial charge in [-0.15, -0.1) is 0 Å². The highest BCUT2D eigenvalue weighted by molar-refractivity contribution is 5.90. The molecule has 12 rings (SSSR count). The molecule has 2 unspecified atom stereocenters. The van der Waals surface area contributed by atoms with Gasteiger partial charge in [0.05, 0.1) is 11.5 Å². The van der Waals surface area contributed by atoms with E-state index in [-0.39, 0.29) is 6.04 Å². The van der Waals surface area contributed by atoms with Crippen molar-refractivity contribution in [1.82, 2.24) is 0 Å². The van der Waals surface area contributed by atoms with Crippen LogP contribution >= 0.6 is 0 Å². The predicted molar refractivity (Wildman–Crippen MR) is 272 cm³/mol. The van der Waals surface area contributed by atoms with E-state index in [1.54, 1.807) is 0 Å². The molecule has 9 aromatic carbocycles. The van der Waals surface area contributed by atoms with E-state index in [4.69, 9.17) is 0 Å². The Morgan fingerprint density at radius 2 is 1.02 bits per heavy atom. The molecule has 0 radical (unpaired) electrons. The highest BCUT2D eigenvalue weighted by Gasteiger charge is 2.47. The third-order valence-electron chi connectivity index (χ3n) is 14.0. The topological polar surface area (TPSA) is 6.48 Å². The molecule has 0 N–H and O–H groups in total. The molecule has 3 aliphatic rings. The summed E-state index contributed by atoms with van der Waals surface area (Å²) < 4.78 is 0. The molecule has 2 atom stereocenters. The van der Waals surface area contributed by atoms with E-state index in [2.05, 4.69) is 259 Å². The lowest BCUT2D eigenvalue weighted by molar-refractivity contribution is 0.693. The van der Waals surface area contributed by atoms with Crippen LogP contribution in [0.15, 0.2) is 254 Å². The fourth-order valence-electron chi connectivity index (χ4n) is 11.0. The van der Waals surface area contributed by atoms with Gasteiger partial charge in [-0.2, -0.15) is 0 Å². The fraction of sp³-hybridized carbons (Fsp3) is 0.0794. The summed E-state index contributed by atoms with van der Waals surface area (Å²) in [6.45, 7) is 0. The van der Waals surface area contributed by atoms with Crippen LogP contribution < -0.4 is 9.80 Å². The summed E-state index contributed by atoms with van der Waals surface area (Å²) in [5, 5.41) is 0. The molecule has 0 saturated carbocycles. The lowest BCUT2D eigenvalue weighted by atomic mass is 9.65. The molecule has 9 aromatic rings. The number of para-hydroxylation sites is 1. The van der Waals surface area contributed by atoms with E-state index in [1.807, 2.05) is 0 Å².